The van der Waals surface area contributed by atoms with Crippen molar-refractivity contribution in [2.75, 3.05) is 32.8 Å². The molecule has 8 nitrogen and oxygen atoms in total. The Morgan fingerprint density at radius 2 is 1.85 bits per heavy atom. The first-order valence-corrected chi connectivity index (χ1v) is 12.8. The van der Waals surface area contributed by atoms with Crippen LogP contribution in [0.25, 0.3) is 33.4 Å². The molecule has 0 aliphatic carbocycles. The fraction of sp³-hybridized carbons (Fsp3) is 0.267. The molecule has 1 N–H and O–H groups in total. The molecule has 2 aromatic heterocycles. The molecule has 10 heteroatoms. The second-order valence-electron chi connectivity index (χ2n) is 9.39. The fourth-order valence-electron chi connectivity index (χ4n) is 4.84. The molecule has 1 aliphatic heterocycles. The largest absolute Gasteiger partial charge is 0.494 e. The summed E-state index contributed by atoms with van der Waals surface area (Å²) in [5, 5.41) is 3.83. The van der Waals surface area contributed by atoms with E-state index >= 15 is 8.78 Å². The first-order valence-electron chi connectivity index (χ1n) is 12.8. The SMILES string of the molecule is C=CC(=O)C[C@H]1CCOC[C@H]1Nc1ncc2cc(-c3c(F)c(OC)cc(OC)c3F)nc(-c3ccccc3)c2n1. The van der Waals surface area contributed by atoms with E-state index in [0.717, 1.165) is 6.07 Å². The van der Waals surface area contributed by atoms with Crippen LogP contribution in [-0.4, -0.2) is 54.2 Å². The minimum absolute atomic E-state index is 0.0293. The van der Waals surface area contributed by atoms with Gasteiger partial charge in [0.1, 0.15) is 5.52 Å². The number of hydrogen-bond acceptors (Lipinski definition) is 8. The normalized spacial score (nSPS) is 16.9. The number of carbonyl (C=O) groups is 1. The van der Waals surface area contributed by atoms with Gasteiger partial charge in [0.15, 0.2) is 28.9 Å². The Kier molecular flexibility index (Phi) is 7.97. The van der Waals surface area contributed by atoms with Crippen molar-refractivity contribution in [3.05, 3.63) is 73.0 Å². The third-order valence-corrected chi connectivity index (χ3v) is 6.95. The van der Waals surface area contributed by atoms with E-state index in [1.54, 1.807) is 6.20 Å². The Labute approximate surface area is 230 Å². The van der Waals surface area contributed by atoms with Crippen LogP contribution in [0.5, 0.6) is 11.5 Å². The van der Waals surface area contributed by atoms with Gasteiger partial charge >= 0.3 is 0 Å². The maximum Gasteiger partial charge on any atom is 0.223 e. The second-order valence-corrected chi connectivity index (χ2v) is 9.39. The maximum absolute atomic E-state index is 15.4. The predicted octanol–water partition coefficient (Wildman–Crippen LogP) is 5.62. The van der Waals surface area contributed by atoms with Crippen LogP contribution in [0.4, 0.5) is 14.7 Å². The molecule has 40 heavy (non-hydrogen) atoms. The standard InChI is InChI=1S/C30H28F2N4O4/c1-4-20(37)12-18-10-11-40-16-22(18)35-30-33-15-19-13-21(25-26(31)23(38-2)14-24(39-3)27(25)32)34-28(29(19)36-30)17-8-6-5-7-9-17/h4-9,13-15,18,22H,1,10-12,16H2,2-3H3,(H,33,35,36)/t18-,22-/m1/s1. The monoisotopic (exact) mass is 546 g/mol. The van der Waals surface area contributed by atoms with Gasteiger partial charge in [-0.05, 0) is 24.5 Å². The average Bonchev–Trinajstić information content (AvgIpc) is 2.98. The molecule has 1 fully saturated rings. The summed E-state index contributed by atoms with van der Waals surface area (Å²) >= 11 is 0. The Bertz CT molecular complexity index is 1540. The Balaban J connectivity index is 1.62. The van der Waals surface area contributed by atoms with Crippen LogP contribution in [0.1, 0.15) is 12.8 Å². The van der Waals surface area contributed by atoms with Crippen molar-refractivity contribution in [3.63, 3.8) is 0 Å². The van der Waals surface area contributed by atoms with Crippen molar-refractivity contribution in [1.29, 1.82) is 0 Å². The highest BCUT2D eigenvalue weighted by Gasteiger charge is 2.28. The van der Waals surface area contributed by atoms with E-state index in [1.165, 1.54) is 26.4 Å². The summed E-state index contributed by atoms with van der Waals surface area (Å²) in [6.45, 7) is 4.54. The van der Waals surface area contributed by atoms with Gasteiger partial charge < -0.3 is 19.5 Å². The third kappa shape index (κ3) is 5.35. The van der Waals surface area contributed by atoms with Gasteiger partial charge in [0.2, 0.25) is 5.95 Å². The molecule has 0 amide bonds. The molecule has 1 saturated heterocycles. The summed E-state index contributed by atoms with van der Waals surface area (Å²) in [5.74, 6) is -1.83. The summed E-state index contributed by atoms with van der Waals surface area (Å²) in [4.78, 5) is 25.9. The lowest BCUT2D eigenvalue weighted by Gasteiger charge is -2.31. The molecule has 0 bridgehead atoms. The van der Waals surface area contributed by atoms with Gasteiger partial charge in [-0.15, -0.1) is 0 Å². The smallest absolute Gasteiger partial charge is 0.223 e. The minimum Gasteiger partial charge on any atom is -0.494 e. The number of fused-ring (bicyclic) bond motifs is 1. The van der Waals surface area contributed by atoms with E-state index < -0.39 is 11.6 Å². The van der Waals surface area contributed by atoms with Crippen LogP contribution in [0, 0.1) is 17.6 Å². The topological polar surface area (TPSA) is 95.5 Å². The molecule has 206 valence electrons. The van der Waals surface area contributed by atoms with Crippen molar-refractivity contribution in [1.82, 2.24) is 15.0 Å². The number of aromatic nitrogens is 3. The van der Waals surface area contributed by atoms with Gasteiger partial charge in [0, 0.05) is 36.2 Å². The lowest BCUT2D eigenvalue weighted by molar-refractivity contribution is -0.116. The highest BCUT2D eigenvalue weighted by Crippen LogP contribution is 2.39. The first-order chi connectivity index (χ1) is 19.4. The van der Waals surface area contributed by atoms with Crippen LogP contribution in [0.2, 0.25) is 0 Å². The van der Waals surface area contributed by atoms with Crippen LogP contribution in [0.3, 0.4) is 0 Å². The quantitative estimate of drug-likeness (QED) is 0.271. The molecule has 0 unspecified atom stereocenters. The van der Waals surface area contributed by atoms with Gasteiger partial charge in [-0.3, -0.25) is 4.79 Å². The number of halogens is 2. The van der Waals surface area contributed by atoms with Crippen molar-refractivity contribution in [2.24, 2.45) is 5.92 Å². The van der Waals surface area contributed by atoms with Crippen molar-refractivity contribution < 1.29 is 27.8 Å². The number of methoxy groups -OCH3 is 2. The summed E-state index contributed by atoms with van der Waals surface area (Å²) in [6, 6.07) is 11.7. The number of benzene rings is 2. The fourth-order valence-corrected chi connectivity index (χ4v) is 4.84. The van der Waals surface area contributed by atoms with Crippen LogP contribution in [-0.2, 0) is 9.53 Å². The number of rotatable bonds is 9. The molecule has 0 spiro atoms. The van der Waals surface area contributed by atoms with Gasteiger partial charge in [-0.2, -0.15) is 0 Å². The Morgan fingerprint density at radius 1 is 1.12 bits per heavy atom. The number of ketones is 1. The molecule has 2 atom stereocenters. The molecule has 2 aromatic carbocycles. The number of anilines is 1. The van der Waals surface area contributed by atoms with E-state index in [9.17, 15) is 4.79 Å². The Hall–Kier alpha value is -4.44. The van der Waals surface area contributed by atoms with Gasteiger partial charge in [0.05, 0.1) is 43.8 Å². The van der Waals surface area contributed by atoms with E-state index in [0.29, 0.717) is 54.2 Å². The zero-order valence-corrected chi connectivity index (χ0v) is 22.1. The van der Waals surface area contributed by atoms with Crippen LogP contribution < -0.4 is 14.8 Å². The Morgan fingerprint density at radius 3 is 2.52 bits per heavy atom. The van der Waals surface area contributed by atoms with Crippen molar-refractivity contribution >= 4 is 22.6 Å². The highest BCUT2D eigenvalue weighted by atomic mass is 19.1. The van der Waals surface area contributed by atoms with E-state index in [1.807, 2.05) is 30.3 Å². The molecule has 5 rings (SSSR count). The number of pyridine rings is 1. The van der Waals surface area contributed by atoms with E-state index in [-0.39, 0.29) is 40.5 Å². The van der Waals surface area contributed by atoms with Crippen molar-refractivity contribution in [2.45, 2.75) is 18.9 Å². The van der Waals surface area contributed by atoms with Gasteiger partial charge in [-0.25, -0.2) is 23.7 Å². The number of carbonyl (C=O) groups excluding carboxylic acids is 1. The highest BCUT2D eigenvalue weighted by molar-refractivity contribution is 5.94. The summed E-state index contributed by atoms with van der Waals surface area (Å²) < 4.78 is 46.7. The molecular weight excluding hydrogens is 518 g/mol. The van der Waals surface area contributed by atoms with Crippen LogP contribution >= 0.6 is 0 Å². The van der Waals surface area contributed by atoms with E-state index in [2.05, 4.69) is 21.9 Å². The summed E-state index contributed by atoms with van der Waals surface area (Å²) in [7, 11) is 2.58. The van der Waals surface area contributed by atoms with E-state index in [4.69, 9.17) is 19.2 Å². The van der Waals surface area contributed by atoms with Gasteiger partial charge in [-0.1, -0.05) is 36.9 Å². The number of hydrogen-bond donors (Lipinski definition) is 1. The molecule has 4 aromatic rings. The maximum atomic E-state index is 15.4. The second kappa shape index (κ2) is 11.7. The minimum atomic E-state index is -0.900. The number of nitrogens with one attached hydrogen (secondary N) is 1. The first kappa shape index (κ1) is 27.1. The van der Waals surface area contributed by atoms with Crippen LogP contribution in [0.15, 0.2) is 61.3 Å². The molecule has 0 radical (unpaired) electrons. The molecule has 1 aliphatic rings. The number of allylic oxidation sites excluding steroid dienone is 1. The average molecular weight is 547 g/mol. The zero-order chi connectivity index (χ0) is 28.2. The number of nitrogens with zero attached hydrogens (tertiary/aromatic N) is 3. The van der Waals surface area contributed by atoms with Crippen molar-refractivity contribution in [3.8, 4) is 34.0 Å². The third-order valence-electron chi connectivity index (χ3n) is 6.95. The lowest BCUT2D eigenvalue weighted by Crippen LogP contribution is -2.40. The lowest BCUT2D eigenvalue weighted by atomic mass is 9.90. The zero-order valence-electron chi connectivity index (χ0n) is 22.1. The predicted molar refractivity (Wildman–Crippen MR) is 147 cm³/mol. The number of ether oxygens (including phenoxy) is 3. The molecular formula is C30H28F2N4O4. The molecule has 3 heterocycles. The van der Waals surface area contributed by atoms with Gasteiger partial charge in [0.25, 0.3) is 0 Å². The molecule has 0 saturated carbocycles. The summed E-state index contributed by atoms with van der Waals surface area (Å²) in [5.41, 5.74) is 1.25. The summed E-state index contributed by atoms with van der Waals surface area (Å²) in [6.07, 6.45) is 3.96.